The molecule has 3 N–H and O–H groups in total. The molecule has 6 aromatic heterocycles. The summed E-state index contributed by atoms with van der Waals surface area (Å²) < 4.78 is 49.5. The van der Waals surface area contributed by atoms with Crippen molar-refractivity contribution >= 4 is 20.4 Å². The summed E-state index contributed by atoms with van der Waals surface area (Å²) in [7, 11) is -0.732. The van der Waals surface area contributed by atoms with Crippen LogP contribution >= 0.6 is 0 Å². The second-order valence-electron chi connectivity index (χ2n) is 16.4. The molecule has 6 heterocycles. The molecule has 2 atom stereocenters. The van der Waals surface area contributed by atoms with Crippen molar-refractivity contribution in [2.45, 2.75) is 123 Å². The summed E-state index contributed by atoms with van der Waals surface area (Å²) in [6.07, 6.45) is 11.0. The minimum absolute atomic E-state index is 0.0124. The van der Waals surface area contributed by atoms with Gasteiger partial charge in [-0.1, -0.05) is 98.6 Å². The summed E-state index contributed by atoms with van der Waals surface area (Å²) >= 11 is 0. The number of hydrogen-bond acceptors (Lipinski definition) is 18. The highest BCUT2D eigenvalue weighted by molar-refractivity contribution is 6.77. The molecule has 0 radical (unpaired) electrons. The molecule has 7 rings (SSSR count). The van der Waals surface area contributed by atoms with Crippen LogP contribution in [0.4, 0.5) is 4.79 Å². The Bertz CT molecular complexity index is 2570. The Balaban J connectivity index is 0.000000219. The van der Waals surface area contributed by atoms with Crippen molar-refractivity contribution in [3.8, 4) is 46.3 Å². The minimum Gasteiger partial charge on any atom is -0.464 e. The van der Waals surface area contributed by atoms with Gasteiger partial charge in [-0.05, 0) is 35.0 Å². The van der Waals surface area contributed by atoms with Crippen molar-refractivity contribution in [1.82, 2.24) is 35.2 Å². The van der Waals surface area contributed by atoms with E-state index in [0.717, 1.165) is 30.5 Å². The highest BCUT2D eigenvalue weighted by Crippen LogP contribution is 2.43. The lowest BCUT2D eigenvalue weighted by atomic mass is 10.2. The van der Waals surface area contributed by atoms with Crippen LogP contribution in [-0.4, -0.2) is 57.4 Å². The highest BCUT2D eigenvalue weighted by atomic mass is 28.4. The Kier molecular flexibility index (Phi) is 16.6. The van der Waals surface area contributed by atoms with Gasteiger partial charge in [-0.15, -0.1) is 0 Å². The quantitative estimate of drug-likeness (QED) is 0.0532. The fourth-order valence-corrected chi connectivity index (χ4v) is 13.1. The number of rotatable bonds is 20. The van der Waals surface area contributed by atoms with Gasteiger partial charge in [0.15, 0.2) is 28.5 Å². The molecule has 0 aliphatic heterocycles. The average Bonchev–Trinajstić information content (AvgIpc) is 4.16. The van der Waals surface area contributed by atoms with E-state index in [0.29, 0.717) is 64.4 Å². The van der Waals surface area contributed by atoms with E-state index in [4.69, 9.17) is 41.4 Å². The Labute approximate surface area is 383 Å². The van der Waals surface area contributed by atoms with Crippen molar-refractivity contribution in [1.29, 1.82) is 0 Å². The van der Waals surface area contributed by atoms with Crippen LogP contribution in [0.1, 0.15) is 127 Å². The number of nitrogens with zero attached hydrogens (tertiary/aromatic N) is 6. The summed E-state index contributed by atoms with van der Waals surface area (Å²) in [5, 5.41) is 2.78. The number of amides is 1. The fourth-order valence-electron chi connectivity index (χ4n) is 7.75. The Morgan fingerprint density at radius 3 is 1.74 bits per heavy atom. The van der Waals surface area contributed by atoms with Gasteiger partial charge in [-0.2, -0.15) is 0 Å². The van der Waals surface area contributed by atoms with Crippen LogP contribution in [0.5, 0.6) is 0 Å². The first kappa shape index (κ1) is 48.8. The number of alkyl carbamates (subject to hydrolysis) is 1. The van der Waals surface area contributed by atoms with Gasteiger partial charge in [0.25, 0.3) is 0 Å². The van der Waals surface area contributed by atoms with Gasteiger partial charge in [-0.25, -0.2) is 39.5 Å². The molecule has 0 saturated heterocycles. The van der Waals surface area contributed by atoms with Gasteiger partial charge in [0.05, 0.1) is 19.8 Å². The van der Waals surface area contributed by atoms with Gasteiger partial charge >= 0.3 is 12.1 Å². The lowest BCUT2D eigenvalue weighted by Gasteiger charge is -2.41. The number of benzene rings is 1. The number of hydrogen-bond donors (Lipinski definition) is 2. The van der Waals surface area contributed by atoms with Crippen molar-refractivity contribution in [3.05, 3.63) is 96.6 Å². The van der Waals surface area contributed by atoms with E-state index in [1.807, 2.05) is 37.3 Å². The van der Waals surface area contributed by atoms with Crippen LogP contribution in [0.3, 0.4) is 0 Å². The SMILES string of the molecule is CCCC(N)c1nc(-c2nc(-c3nc(CO[Si](C(C)C)(C(C)C)C(C)C)co3)co2)co1.CCCC(NC(=O)OCc1ccccc1)c1nc(-c2nc(-c3nc(C(=O)OC)co3)co2)co1. The Morgan fingerprint density at radius 1 is 0.636 bits per heavy atom. The normalized spacial score (nSPS) is 12.6. The molecule has 0 spiro atoms. The first-order valence-corrected chi connectivity index (χ1v) is 24.1. The lowest BCUT2D eigenvalue weighted by molar-refractivity contribution is 0.0594. The Morgan fingerprint density at radius 2 is 1.15 bits per heavy atom. The molecule has 0 bridgehead atoms. The maximum atomic E-state index is 12.3. The number of esters is 1. The molecule has 20 heteroatoms. The first-order valence-electron chi connectivity index (χ1n) is 21.9. The standard InChI is InChI=1S/C23H22N4O7.C23H36N4O4Si/c1-3-7-15(27-23(29)34-10-14-8-5-4-6-9-14)19-24-16(11-31-19)20-25-17(12-32-20)21-26-18(13-33-21)22(28)30-2;1-8-9-18(24)21-26-20(12-29-21)23-27-19(13-30-23)22-25-17(10-28-22)11-31-32(14(2)3,15(4)5)16(6)7/h4-6,8-9,11-13,15H,3,7,10H2,1-2H3,(H,27,29);10,12-16,18H,8-9,11,24H2,1-7H3. The number of methoxy groups -OCH3 is 1. The van der Waals surface area contributed by atoms with Crippen molar-refractivity contribution in [2.75, 3.05) is 7.11 Å². The predicted octanol–water partition coefficient (Wildman–Crippen LogP) is 11.0. The van der Waals surface area contributed by atoms with Gasteiger partial charge in [-0.3, -0.25) is 0 Å². The van der Waals surface area contributed by atoms with Crippen LogP contribution in [-0.2, 0) is 27.1 Å². The number of ether oxygens (including phenoxy) is 2. The predicted molar refractivity (Wildman–Crippen MR) is 241 cm³/mol. The molecule has 0 aliphatic carbocycles. The zero-order valence-corrected chi connectivity index (χ0v) is 39.7. The molecular formula is C46H58N8O11Si. The van der Waals surface area contributed by atoms with E-state index < -0.39 is 26.4 Å². The van der Waals surface area contributed by atoms with Crippen LogP contribution in [0, 0.1) is 0 Å². The van der Waals surface area contributed by atoms with Crippen LogP contribution in [0.15, 0.2) is 94.4 Å². The molecule has 0 fully saturated rings. The van der Waals surface area contributed by atoms with Crippen molar-refractivity contribution in [2.24, 2.45) is 5.73 Å². The van der Waals surface area contributed by atoms with Gasteiger partial charge in [0.2, 0.25) is 43.7 Å². The monoisotopic (exact) mass is 926 g/mol. The van der Waals surface area contributed by atoms with Crippen molar-refractivity contribution < 1.29 is 50.0 Å². The third kappa shape index (κ3) is 11.8. The number of aromatic nitrogens is 6. The van der Waals surface area contributed by atoms with Crippen LogP contribution < -0.4 is 11.1 Å². The lowest BCUT2D eigenvalue weighted by Crippen LogP contribution is -2.47. The molecule has 66 heavy (non-hydrogen) atoms. The first-order chi connectivity index (χ1) is 31.8. The van der Waals surface area contributed by atoms with Crippen molar-refractivity contribution in [3.63, 3.8) is 0 Å². The highest BCUT2D eigenvalue weighted by Gasteiger charge is 2.45. The summed E-state index contributed by atoms with van der Waals surface area (Å²) in [5.74, 6) is 1.10. The van der Waals surface area contributed by atoms with E-state index in [2.05, 4.69) is 88.4 Å². The van der Waals surface area contributed by atoms with Gasteiger partial charge in [0, 0.05) is 0 Å². The Hall–Kier alpha value is -6.64. The summed E-state index contributed by atoms with van der Waals surface area (Å²) in [6, 6.07) is 8.65. The molecule has 7 aromatic rings. The minimum atomic E-state index is -1.98. The van der Waals surface area contributed by atoms with E-state index in [9.17, 15) is 9.59 Å². The maximum Gasteiger partial charge on any atom is 0.408 e. The number of nitrogens with two attached hydrogens (primary N) is 1. The number of nitrogens with one attached hydrogen (secondary N) is 1. The number of carbonyl (C=O) groups is 2. The van der Waals surface area contributed by atoms with Crippen LogP contribution in [0.2, 0.25) is 16.6 Å². The van der Waals surface area contributed by atoms with E-state index >= 15 is 0 Å². The van der Waals surface area contributed by atoms with E-state index in [1.54, 1.807) is 6.26 Å². The molecule has 2 unspecified atom stereocenters. The molecule has 352 valence electrons. The van der Waals surface area contributed by atoms with Crippen LogP contribution in [0.25, 0.3) is 46.3 Å². The molecule has 19 nitrogen and oxygen atoms in total. The molecule has 0 aliphatic rings. The third-order valence-electron chi connectivity index (χ3n) is 10.9. The van der Waals surface area contributed by atoms with E-state index in [-0.39, 0.29) is 41.7 Å². The van der Waals surface area contributed by atoms with E-state index in [1.165, 1.54) is 38.4 Å². The topological polar surface area (TPSA) is 256 Å². The second-order valence-corrected chi connectivity index (χ2v) is 21.9. The molecule has 0 saturated carbocycles. The summed E-state index contributed by atoms with van der Waals surface area (Å²) in [5.41, 5.74) is 10.8. The molecular weight excluding hydrogens is 869 g/mol. The molecule has 1 amide bonds. The zero-order chi connectivity index (χ0) is 47.4. The van der Waals surface area contributed by atoms with Gasteiger partial charge in [0.1, 0.15) is 55.9 Å². The number of carbonyl (C=O) groups excluding carboxylic acids is 2. The summed E-state index contributed by atoms with van der Waals surface area (Å²) in [4.78, 5) is 50.0. The smallest absolute Gasteiger partial charge is 0.408 e. The average molecular weight is 927 g/mol. The third-order valence-corrected chi connectivity index (χ3v) is 16.9. The maximum absolute atomic E-state index is 12.3. The number of oxazole rings is 6. The van der Waals surface area contributed by atoms with Gasteiger partial charge < -0.3 is 51.5 Å². The largest absolute Gasteiger partial charge is 0.464 e. The second kappa shape index (κ2) is 22.5. The zero-order valence-electron chi connectivity index (χ0n) is 38.7. The fraction of sp³-hybridized carbons (Fsp3) is 0.435. The molecule has 1 aromatic carbocycles. The summed E-state index contributed by atoms with van der Waals surface area (Å²) in [6.45, 7) is 18.2.